The normalized spacial score (nSPS) is 14.8. The van der Waals surface area contributed by atoms with Crippen molar-refractivity contribution < 1.29 is 18.3 Å². The number of hydrogen-bond donors (Lipinski definition) is 2. The van der Waals surface area contributed by atoms with Gasteiger partial charge >= 0.3 is 6.18 Å². The molecule has 0 bridgehead atoms. The molecule has 0 radical (unpaired) electrons. The average Bonchev–Trinajstić information content (AvgIpc) is 2.30. The van der Waals surface area contributed by atoms with Crippen LogP contribution in [-0.4, -0.2) is 15.3 Å². The lowest BCUT2D eigenvalue weighted by Crippen LogP contribution is -2.04. The lowest BCUT2D eigenvalue weighted by atomic mass is 10.2. The van der Waals surface area contributed by atoms with Crippen molar-refractivity contribution in [2.45, 2.75) is 19.2 Å². The van der Waals surface area contributed by atoms with Gasteiger partial charge in [-0.1, -0.05) is 0 Å². The van der Waals surface area contributed by atoms with Crippen LogP contribution in [0.1, 0.15) is 24.4 Å². The Labute approximate surface area is 66.2 Å². The Balaban J connectivity index is 2.92. The summed E-state index contributed by atoms with van der Waals surface area (Å²) >= 11 is 0. The Morgan fingerprint density at radius 2 is 2.17 bits per heavy atom. The van der Waals surface area contributed by atoms with Crippen LogP contribution in [0.4, 0.5) is 13.2 Å². The summed E-state index contributed by atoms with van der Waals surface area (Å²) in [6, 6.07) is 0.782. The van der Waals surface area contributed by atoms with Crippen molar-refractivity contribution in [3.05, 3.63) is 17.5 Å². The highest BCUT2D eigenvalue weighted by atomic mass is 19.4. The molecule has 0 saturated carbocycles. The van der Waals surface area contributed by atoms with Gasteiger partial charge < -0.3 is 5.11 Å². The summed E-state index contributed by atoms with van der Waals surface area (Å²) in [4.78, 5) is 0. The number of nitrogens with one attached hydrogen (secondary N) is 1. The number of rotatable bonds is 1. The van der Waals surface area contributed by atoms with Crippen molar-refractivity contribution in [3.8, 4) is 0 Å². The van der Waals surface area contributed by atoms with Crippen LogP contribution in [-0.2, 0) is 6.18 Å². The van der Waals surface area contributed by atoms with Gasteiger partial charge in [0, 0.05) is 0 Å². The van der Waals surface area contributed by atoms with E-state index in [2.05, 4.69) is 10.2 Å². The quantitative estimate of drug-likeness (QED) is 0.687. The second kappa shape index (κ2) is 2.78. The molecule has 0 saturated heterocycles. The van der Waals surface area contributed by atoms with Gasteiger partial charge in [-0.25, -0.2) is 0 Å². The average molecular weight is 180 g/mol. The molecule has 0 aliphatic carbocycles. The number of H-pyrrole nitrogens is 1. The Morgan fingerprint density at radius 3 is 2.42 bits per heavy atom. The molecule has 0 amide bonds. The van der Waals surface area contributed by atoms with Crippen LogP contribution in [0.15, 0.2) is 6.07 Å². The first-order chi connectivity index (χ1) is 5.41. The van der Waals surface area contributed by atoms with Crippen LogP contribution < -0.4 is 0 Å². The highest BCUT2D eigenvalue weighted by molar-refractivity contribution is 5.12. The van der Waals surface area contributed by atoms with E-state index in [1.54, 1.807) is 0 Å². The third-order valence-corrected chi connectivity index (χ3v) is 1.34. The van der Waals surface area contributed by atoms with Crippen LogP contribution in [0.25, 0.3) is 0 Å². The fourth-order valence-electron chi connectivity index (χ4n) is 0.696. The van der Waals surface area contributed by atoms with Crippen LogP contribution in [0.5, 0.6) is 0 Å². The van der Waals surface area contributed by atoms with E-state index >= 15 is 0 Å². The number of aliphatic hydroxyl groups is 1. The predicted molar refractivity (Wildman–Crippen MR) is 34.2 cm³/mol. The van der Waals surface area contributed by atoms with Gasteiger partial charge in [0.25, 0.3) is 0 Å². The molecule has 2 N–H and O–H groups in total. The molecule has 1 heterocycles. The van der Waals surface area contributed by atoms with Gasteiger partial charge in [-0.3, -0.25) is 5.10 Å². The molecule has 0 spiro atoms. The van der Waals surface area contributed by atoms with Crippen molar-refractivity contribution in [1.82, 2.24) is 10.2 Å². The van der Waals surface area contributed by atoms with E-state index in [9.17, 15) is 13.2 Å². The highest BCUT2D eigenvalue weighted by Gasteiger charge is 2.34. The van der Waals surface area contributed by atoms with Crippen molar-refractivity contribution in [2.75, 3.05) is 0 Å². The molecule has 0 fully saturated rings. The SMILES string of the molecule is CC(O)c1cc(C(F)(F)F)n[nH]1. The van der Waals surface area contributed by atoms with Crippen LogP contribution >= 0.6 is 0 Å². The van der Waals surface area contributed by atoms with Gasteiger partial charge in [-0.05, 0) is 13.0 Å². The maximum absolute atomic E-state index is 11.9. The lowest BCUT2D eigenvalue weighted by molar-refractivity contribution is -0.141. The lowest BCUT2D eigenvalue weighted by Gasteiger charge is -1.99. The first-order valence-corrected chi connectivity index (χ1v) is 3.22. The fraction of sp³-hybridized carbons (Fsp3) is 0.500. The minimum absolute atomic E-state index is 0.0577. The van der Waals surface area contributed by atoms with Crippen LogP contribution in [0, 0.1) is 0 Å². The Morgan fingerprint density at radius 1 is 1.58 bits per heavy atom. The smallest absolute Gasteiger partial charge is 0.387 e. The third-order valence-electron chi connectivity index (χ3n) is 1.34. The van der Waals surface area contributed by atoms with Gasteiger partial charge in [0.1, 0.15) is 0 Å². The van der Waals surface area contributed by atoms with Gasteiger partial charge in [-0.2, -0.15) is 18.3 Å². The summed E-state index contributed by atoms with van der Waals surface area (Å²) in [5.74, 6) is 0. The minimum atomic E-state index is -4.45. The topological polar surface area (TPSA) is 48.9 Å². The summed E-state index contributed by atoms with van der Waals surface area (Å²) in [6.45, 7) is 1.35. The summed E-state index contributed by atoms with van der Waals surface area (Å²) < 4.78 is 35.7. The van der Waals surface area contributed by atoms with Crippen LogP contribution in [0.2, 0.25) is 0 Å². The molecular formula is C6H7F3N2O. The van der Waals surface area contributed by atoms with E-state index in [-0.39, 0.29) is 5.69 Å². The Hall–Kier alpha value is -1.04. The van der Waals surface area contributed by atoms with E-state index in [0.29, 0.717) is 0 Å². The van der Waals surface area contributed by atoms with Gasteiger partial charge in [0.15, 0.2) is 5.69 Å². The van der Waals surface area contributed by atoms with E-state index < -0.39 is 18.0 Å². The number of nitrogens with zero attached hydrogens (tertiary/aromatic N) is 1. The second-order valence-electron chi connectivity index (χ2n) is 2.38. The highest BCUT2D eigenvalue weighted by Crippen LogP contribution is 2.28. The standard InChI is InChI=1S/C6H7F3N2O/c1-3(12)4-2-5(11-10-4)6(7,8)9/h2-3,12H,1H3,(H,10,11). The van der Waals surface area contributed by atoms with Crippen molar-refractivity contribution >= 4 is 0 Å². The Kier molecular flexibility index (Phi) is 2.10. The molecule has 6 heteroatoms. The maximum Gasteiger partial charge on any atom is 0.435 e. The first kappa shape index (κ1) is 9.05. The second-order valence-corrected chi connectivity index (χ2v) is 2.38. The summed E-state index contributed by atoms with van der Waals surface area (Å²) in [5, 5.41) is 14.0. The van der Waals surface area contributed by atoms with Crippen molar-refractivity contribution in [3.63, 3.8) is 0 Å². The fourth-order valence-corrected chi connectivity index (χ4v) is 0.696. The zero-order chi connectivity index (χ0) is 9.35. The molecule has 1 atom stereocenters. The number of aromatic amines is 1. The summed E-state index contributed by atoms with van der Waals surface area (Å²) in [7, 11) is 0. The van der Waals surface area contributed by atoms with Crippen molar-refractivity contribution in [1.29, 1.82) is 0 Å². The number of hydrogen-bond acceptors (Lipinski definition) is 2. The summed E-state index contributed by atoms with van der Waals surface area (Å²) in [6.07, 6.45) is -5.42. The van der Waals surface area contributed by atoms with Gasteiger partial charge in [0.05, 0.1) is 11.8 Å². The maximum atomic E-state index is 11.9. The number of aromatic nitrogens is 2. The zero-order valence-electron chi connectivity index (χ0n) is 6.18. The summed E-state index contributed by atoms with van der Waals surface area (Å²) in [5.41, 5.74) is -0.958. The Bertz CT molecular complexity index is 266. The monoisotopic (exact) mass is 180 g/mol. The molecule has 0 aliphatic heterocycles. The molecule has 68 valence electrons. The van der Waals surface area contributed by atoms with E-state index in [0.717, 1.165) is 6.07 Å². The first-order valence-electron chi connectivity index (χ1n) is 3.22. The molecule has 0 aromatic carbocycles. The molecule has 3 nitrogen and oxygen atoms in total. The molecule has 12 heavy (non-hydrogen) atoms. The molecule has 1 aromatic heterocycles. The zero-order valence-corrected chi connectivity index (χ0v) is 6.18. The molecule has 1 unspecified atom stereocenters. The predicted octanol–water partition coefficient (Wildman–Crippen LogP) is 1.48. The molecule has 1 rings (SSSR count). The minimum Gasteiger partial charge on any atom is -0.387 e. The van der Waals surface area contributed by atoms with Gasteiger partial charge in [-0.15, -0.1) is 0 Å². The van der Waals surface area contributed by atoms with E-state index in [4.69, 9.17) is 5.11 Å². The number of aliphatic hydroxyl groups excluding tert-OH is 1. The van der Waals surface area contributed by atoms with E-state index in [1.807, 2.05) is 0 Å². The van der Waals surface area contributed by atoms with Crippen LogP contribution in [0.3, 0.4) is 0 Å². The molecular weight excluding hydrogens is 173 g/mol. The number of alkyl halides is 3. The molecule has 0 aliphatic rings. The largest absolute Gasteiger partial charge is 0.435 e. The number of halogens is 3. The van der Waals surface area contributed by atoms with E-state index in [1.165, 1.54) is 6.92 Å². The third kappa shape index (κ3) is 1.76. The molecule has 1 aromatic rings. The van der Waals surface area contributed by atoms with Gasteiger partial charge in [0.2, 0.25) is 0 Å². The van der Waals surface area contributed by atoms with Crippen molar-refractivity contribution in [2.24, 2.45) is 0 Å².